The van der Waals surface area contributed by atoms with Crippen LogP contribution in [0.5, 0.6) is 5.75 Å². The fourth-order valence-corrected chi connectivity index (χ4v) is 2.93. The van der Waals surface area contributed by atoms with E-state index in [-0.39, 0.29) is 23.8 Å². The average molecular weight is 361 g/mol. The topological polar surface area (TPSA) is 120 Å². The van der Waals surface area contributed by atoms with Crippen molar-refractivity contribution in [3.63, 3.8) is 0 Å². The summed E-state index contributed by atoms with van der Waals surface area (Å²) < 4.78 is 5.37. The Balaban J connectivity index is 1.63. The summed E-state index contributed by atoms with van der Waals surface area (Å²) in [7, 11) is 0. The van der Waals surface area contributed by atoms with Crippen LogP contribution < -0.4 is 10.3 Å². The zero-order valence-electron chi connectivity index (χ0n) is 14.0. The van der Waals surface area contributed by atoms with E-state index in [1.165, 1.54) is 12.1 Å². The highest BCUT2D eigenvalue weighted by Crippen LogP contribution is 2.22. The predicted molar refractivity (Wildman–Crippen MR) is 93.2 cm³/mol. The molecule has 1 aromatic carbocycles. The standard InChI is InChI=1S/C17H19N3O6/c21-11-14-9-15(22)17(23)16(26-14)10-18-5-7-19(8-6-18)12-1-3-13(4-2-12)20(24)25/h1-4,9,21,23H,5-8,10-11H2. The minimum absolute atomic E-state index is 0.0571. The molecule has 1 aliphatic heterocycles. The molecule has 1 fully saturated rings. The first kappa shape index (κ1) is 17.9. The molecular formula is C17H19N3O6. The monoisotopic (exact) mass is 361 g/mol. The molecule has 26 heavy (non-hydrogen) atoms. The molecule has 0 radical (unpaired) electrons. The number of piperazine rings is 1. The van der Waals surface area contributed by atoms with Crippen molar-refractivity contribution in [3.8, 4) is 5.75 Å². The largest absolute Gasteiger partial charge is 0.502 e. The molecule has 9 heteroatoms. The predicted octanol–water partition coefficient (Wildman–Crippen LogP) is 1.07. The van der Waals surface area contributed by atoms with Gasteiger partial charge in [-0.15, -0.1) is 0 Å². The SMILES string of the molecule is O=c1cc(CO)oc(CN2CCN(c3ccc([N+](=O)[O-])cc3)CC2)c1O. The summed E-state index contributed by atoms with van der Waals surface area (Å²) in [5, 5.41) is 29.7. The summed E-state index contributed by atoms with van der Waals surface area (Å²) >= 11 is 0. The first-order valence-electron chi connectivity index (χ1n) is 8.15. The molecule has 0 saturated carbocycles. The second kappa shape index (κ2) is 7.54. The number of anilines is 1. The molecule has 138 valence electrons. The number of nitro benzene ring substituents is 1. The fourth-order valence-electron chi connectivity index (χ4n) is 2.93. The number of nitro groups is 1. The van der Waals surface area contributed by atoms with E-state index in [1.807, 2.05) is 4.90 Å². The highest BCUT2D eigenvalue weighted by molar-refractivity contribution is 5.51. The Morgan fingerprint density at radius 2 is 1.81 bits per heavy atom. The third-order valence-corrected chi connectivity index (χ3v) is 4.36. The van der Waals surface area contributed by atoms with Crippen LogP contribution >= 0.6 is 0 Å². The van der Waals surface area contributed by atoms with Crippen molar-refractivity contribution < 1.29 is 19.6 Å². The minimum atomic E-state index is -0.570. The molecule has 0 spiro atoms. The van der Waals surface area contributed by atoms with Gasteiger partial charge in [0.15, 0.2) is 5.76 Å². The van der Waals surface area contributed by atoms with Crippen LogP contribution in [0.4, 0.5) is 11.4 Å². The van der Waals surface area contributed by atoms with Gasteiger partial charge in [0.2, 0.25) is 11.2 Å². The van der Waals surface area contributed by atoms with Crippen LogP contribution in [0.3, 0.4) is 0 Å². The Labute approximate surface area is 148 Å². The molecule has 9 nitrogen and oxygen atoms in total. The minimum Gasteiger partial charge on any atom is -0.502 e. The van der Waals surface area contributed by atoms with Gasteiger partial charge < -0.3 is 19.5 Å². The smallest absolute Gasteiger partial charge is 0.269 e. The number of nitrogens with zero attached hydrogens (tertiary/aromatic N) is 3. The van der Waals surface area contributed by atoms with Crippen molar-refractivity contribution in [1.29, 1.82) is 0 Å². The molecule has 0 unspecified atom stereocenters. The Kier molecular flexibility index (Phi) is 5.19. The molecule has 2 heterocycles. The van der Waals surface area contributed by atoms with Crippen LogP contribution in [0.25, 0.3) is 0 Å². The van der Waals surface area contributed by atoms with Crippen molar-refractivity contribution in [1.82, 2.24) is 4.90 Å². The summed E-state index contributed by atoms with van der Waals surface area (Å²) in [5.41, 5.74) is 0.397. The molecule has 1 saturated heterocycles. The molecule has 1 aromatic heterocycles. The summed E-state index contributed by atoms with van der Waals surface area (Å²) in [4.78, 5) is 26.1. The summed E-state index contributed by atoms with van der Waals surface area (Å²) in [6.07, 6.45) is 0. The fraction of sp³-hybridized carbons (Fsp3) is 0.353. The van der Waals surface area contributed by atoms with Gasteiger partial charge >= 0.3 is 0 Å². The number of non-ortho nitro benzene ring substituents is 1. The highest BCUT2D eigenvalue weighted by atomic mass is 16.6. The van der Waals surface area contributed by atoms with Crippen molar-refractivity contribution >= 4 is 11.4 Å². The van der Waals surface area contributed by atoms with Gasteiger partial charge in [0, 0.05) is 50.1 Å². The van der Waals surface area contributed by atoms with E-state index >= 15 is 0 Å². The summed E-state index contributed by atoms with van der Waals surface area (Å²) in [5.74, 6) is -0.169. The number of rotatable bonds is 5. The van der Waals surface area contributed by atoms with Gasteiger partial charge in [-0.3, -0.25) is 19.8 Å². The van der Waals surface area contributed by atoms with E-state index in [2.05, 4.69) is 4.90 Å². The van der Waals surface area contributed by atoms with Gasteiger partial charge in [0.05, 0.1) is 11.5 Å². The van der Waals surface area contributed by atoms with Gasteiger partial charge in [-0.1, -0.05) is 0 Å². The van der Waals surface area contributed by atoms with E-state index in [1.54, 1.807) is 12.1 Å². The Bertz CT molecular complexity index is 841. The molecular weight excluding hydrogens is 342 g/mol. The number of aromatic hydroxyl groups is 1. The Morgan fingerprint density at radius 1 is 1.15 bits per heavy atom. The third-order valence-electron chi connectivity index (χ3n) is 4.36. The van der Waals surface area contributed by atoms with Crippen LogP contribution in [-0.2, 0) is 13.2 Å². The summed E-state index contributed by atoms with van der Waals surface area (Å²) in [6.45, 7) is 2.59. The lowest BCUT2D eigenvalue weighted by atomic mass is 10.2. The molecule has 0 bridgehead atoms. The lowest BCUT2D eigenvalue weighted by Gasteiger charge is -2.35. The van der Waals surface area contributed by atoms with Crippen LogP contribution in [0, 0.1) is 10.1 Å². The maximum Gasteiger partial charge on any atom is 0.269 e. The zero-order valence-corrected chi connectivity index (χ0v) is 14.0. The van der Waals surface area contributed by atoms with Gasteiger partial charge in [0.1, 0.15) is 12.4 Å². The number of hydrogen-bond acceptors (Lipinski definition) is 8. The van der Waals surface area contributed by atoms with E-state index in [9.17, 15) is 20.0 Å². The third kappa shape index (κ3) is 3.84. The van der Waals surface area contributed by atoms with Crippen molar-refractivity contribution in [2.24, 2.45) is 0 Å². The Morgan fingerprint density at radius 3 is 2.38 bits per heavy atom. The van der Waals surface area contributed by atoms with Crippen molar-refractivity contribution in [2.45, 2.75) is 13.2 Å². The zero-order chi connectivity index (χ0) is 18.7. The maximum absolute atomic E-state index is 11.7. The van der Waals surface area contributed by atoms with Gasteiger partial charge in [0.25, 0.3) is 5.69 Å². The maximum atomic E-state index is 11.7. The van der Waals surface area contributed by atoms with Gasteiger partial charge in [-0.05, 0) is 12.1 Å². The molecule has 0 amide bonds. The Hall–Kier alpha value is -2.91. The van der Waals surface area contributed by atoms with E-state index < -0.39 is 22.7 Å². The number of aliphatic hydroxyl groups excluding tert-OH is 1. The summed E-state index contributed by atoms with van der Waals surface area (Å²) in [6, 6.07) is 7.49. The second-order valence-corrected chi connectivity index (χ2v) is 6.04. The van der Waals surface area contributed by atoms with Crippen molar-refractivity contribution in [3.05, 3.63) is 62.2 Å². The molecule has 2 N–H and O–H groups in total. The average Bonchev–Trinajstić information content (AvgIpc) is 2.66. The lowest BCUT2D eigenvalue weighted by molar-refractivity contribution is -0.384. The number of hydrogen-bond donors (Lipinski definition) is 2. The first-order valence-corrected chi connectivity index (χ1v) is 8.15. The highest BCUT2D eigenvalue weighted by Gasteiger charge is 2.21. The van der Waals surface area contributed by atoms with E-state index in [0.717, 1.165) is 11.8 Å². The van der Waals surface area contributed by atoms with Crippen LogP contribution in [0.1, 0.15) is 11.5 Å². The molecule has 0 atom stereocenters. The second-order valence-electron chi connectivity index (χ2n) is 6.04. The van der Waals surface area contributed by atoms with Gasteiger partial charge in [-0.25, -0.2) is 0 Å². The normalized spacial score (nSPS) is 15.2. The molecule has 2 aromatic rings. The van der Waals surface area contributed by atoms with Gasteiger partial charge in [-0.2, -0.15) is 0 Å². The van der Waals surface area contributed by atoms with Crippen LogP contribution in [0.15, 0.2) is 39.5 Å². The van der Waals surface area contributed by atoms with E-state index in [0.29, 0.717) is 26.2 Å². The number of aliphatic hydroxyl groups is 1. The van der Waals surface area contributed by atoms with Crippen LogP contribution in [-0.4, -0.2) is 46.2 Å². The first-order chi connectivity index (χ1) is 12.5. The number of benzene rings is 1. The molecule has 0 aliphatic carbocycles. The molecule has 3 rings (SSSR count). The van der Waals surface area contributed by atoms with Crippen LogP contribution in [0.2, 0.25) is 0 Å². The van der Waals surface area contributed by atoms with Crippen molar-refractivity contribution in [2.75, 3.05) is 31.1 Å². The molecule has 1 aliphatic rings. The van der Waals surface area contributed by atoms with E-state index in [4.69, 9.17) is 9.52 Å². The quantitative estimate of drug-likeness (QED) is 0.599. The lowest BCUT2D eigenvalue weighted by Crippen LogP contribution is -2.46.